The summed E-state index contributed by atoms with van der Waals surface area (Å²) in [6.07, 6.45) is 0.405. The first kappa shape index (κ1) is 9.29. The summed E-state index contributed by atoms with van der Waals surface area (Å²) < 4.78 is 1.10. The minimum absolute atomic E-state index is 0.0682. The molecule has 0 saturated carbocycles. The molecule has 0 atom stereocenters. The van der Waals surface area contributed by atoms with Crippen LogP contribution in [0.25, 0.3) is 0 Å². The summed E-state index contributed by atoms with van der Waals surface area (Å²) in [5, 5.41) is -0.0682. The van der Waals surface area contributed by atoms with E-state index in [1.807, 2.05) is 0 Å². The Morgan fingerprint density at radius 1 is 1.60 bits per heavy atom. The van der Waals surface area contributed by atoms with Crippen molar-refractivity contribution in [1.29, 1.82) is 0 Å². The zero-order valence-corrected chi connectivity index (χ0v) is 6.77. The Kier molecular flexibility index (Phi) is 3.87. The molecule has 0 aliphatic rings. The fourth-order valence-electron chi connectivity index (χ4n) is 0.262. The molecule has 0 radical (unpaired) electrons. The molecule has 0 aromatic carbocycles. The van der Waals surface area contributed by atoms with Gasteiger partial charge in [0.2, 0.25) is 5.12 Å². The second-order valence-corrected chi connectivity index (χ2v) is 2.84. The highest BCUT2D eigenvalue weighted by atomic mass is 32.2. The fraction of sp³-hybridized carbons (Fsp3) is 0.600. The van der Waals surface area contributed by atoms with Crippen LogP contribution in [0.4, 0.5) is 4.79 Å². The molecule has 0 rings (SSSR count). The third-order valence-electron chi connectivity index (χ3n) is 0.838. The van der Waals surface area contributed by atoms with Gasteiger partial charge in [0.15, 0.2) is 0 Å². The second-order valence-electron chi connectivity index (χ2n) is 1.65. The highest BCUT2D eigenvalue weighted by Crippen LogP contribution is 2.08. The molecule has 0 spiro atoms. The summed E-state index contributed by atoms with van der Waals surface area (Å²) in [6, 6.07) is -0.605. The molecule has 0 bridgehead atoms. The molecule has 5 heteroatoms. The Bertz CT molecular complexity index is 149. The highest BCUT2D eigenvalue weighted by molar-refractivity contribution is 8.12. The minimum Gasteiger partial charge on any atom is -0.351 e. The Morgan fingerprint density at radius 2 is 2.10 bits per heavy atom. The molecular weight excluding hydrogens is 152 g/mol. The number of urea groups is 1. The van der Waals surface area contributed by atoms with Gasteiger partial charge in [-0.2, -0.15) is 0 Å². The monoisotopic (exact) mass is 162 g/mol. The smallest absolute Gasteiger partial charge is 0.324 e. The molecule has 2 amide bonds. The summed E-state index contributed by atoms with van der Waals surface area (Å²) in [4.78, 5) is 21.0. The van der Waals surface area contributed by atoms with E-state index in [1.54, 1.807) is 6.92 Å². The summed E-state index contributed by atoms with van der Waals surface area (Å²) >= 11 is 0.828. The van der Waals surface area contributed by atoms with Crippen molar-refractivity contribution in [3.05, 3.63) is 0 Å². The van der Waals surface area contributed by atoms with E-state index in [0.29, 0.717) is 6.42 Å². The van der Waals surface area contributed by atoms with E-state index >= 15 is 0 Å². The molecule has 4 nitrogen and oxygen atoms in total. The molecule has 0 heterocycles. The molecule has 0 unspecified atom stereocenters. The Labute approximate surface area is 63.9 Å². The van der Waals surface area contributed by atoms with Crippen molar-refractivity contribution >= 4 is 23.1 Å². The molecule has 0 aromatic rings. The van der Waals surface area contributed by atoms with Gasteiger partial charge in [-0.3, -0.25) is 9.10 Å². The van der Waals surface area contributed by atoms with Crippen molar-refractivity contribution in [3.8, 4) is 0 Å². The van der Waals surface area contributed by atoms with E-state index in [4.69, 9.17) is 5.73 Å². The van der Waals surface area contributed by atoms with E-state index < -0.39 is 6.03 Å². The Morgan fingerprint density at radius 3 is 2.40 bits per heavy atom. The summed E-state index contributed by atoms with van der Waals surface area (Å²) in [5.74, 6) is 0. The van der Waals surface area contributed by atoms with Gasteiger partial charge in [-0.1, -0.05) is 6.92 Å². The standard InChI is InChI=1S/C5H10N2O2S/c1-3-4(8)10-7(2)5(6)9/h3H2,1-2H3,(H2,6,9). The lowest BCUT2D eigenvalue weighted by Crippen LogP contribution is -2.27. The van der Waals surface area contributed by atoms with Crippen LogP contribution in [-0.2, 0) is 4.79 Å². The fourth-order valence-corrected chi connectivity index (χ4v) is 0.787. The first-order valence-electron chi connectivity index (χ1n) is 2.82. The second kappa shape index (κ2) is 4.16. The molecule has 0 aliphatic carbocycles. The van der Waals surface area contributed by atoms with Crippen molar-refractivity contribution in [1.82, 2.24) is 4.31 Å². The molecule has 2 N–H and O–H groups in total. The average molecular weight is 162 g/mol. The van der Waals surface area contributed by atoms with E-state index in [-0.39, 0.29) is 5.12 Å². The molecular formula is C5H10N2O2S. The Balaban J connectivity index is 3.68. The van der Waals surface area contributed by atoms with Crippen LogP contribution in [0.15, 0.2) is 0 Å². The number of amides is 2. The first-order valence-corrected chi connectivity index (χ1v) is 3.59. The number of carbonyl (C=O) groups excluding carboxylic acids is 2. The number of hydrogen-bond acceptors (Lipinski definition) is 3. The third-order valence-corrected chi connectivity index (χ3v) is 1.78. The van der Waals surface area contributed by atoms with E-state index in [2.05, 4.69) is 0 Å². The zero-order chi connectivity index (χ0) is 8.15. The molecule has 0 aromatic heterocycles. The van der Waals surface area contributed by atoms with Crippen LogP contribution in [-0.4, -0.2) is 22.5 Å². The van der Waals surface area contributed by atoms with Gasteiger partial charge in [-0.05, 0) is 0 Å². The van der Waals surface area contributed by atoms with Gasteiger partial charge < -0.3 is 5.73 Å². The molecule has 0 saturated heterocycles. The lowest BCUT2D eigenvalue weighted by molar-refractivity contribution is -0.110. The van der Waals surface area contributed by atoms with Crippen LogP contribution < -0.4 is 5.73 Å². The van der Waals surface area contributed by atoms with Crippen LogP contribution in [0.3, 0.4) is 0 Å². The number of carbonyl (C=O) groups is 2. The predicted molar refractivity (Wildman–Crippen MR) is 40.2 cm³/mol. The molecule has 0 aliphatic heterocycles. The van der Waals surface area contributed by atoms with Gasteiger partial charge in [0.05, 0.1) is 0 Å². The SMILES string of the molecule is CCC(=O)SN(C)C(N)=O. The van der Waals surface area contributed by atoms with E-state index in [1.165, 1.54) is 7.05 Å². The van der Waals surface area contributed by atoms with Crippen LogP contribution in [0.2, 0.25) is 0 Å². The van der Waals surface area contributed by atoms with Crippen molar-refractivity contribution in [2.45, 2.75) is 13.3 Å². The maximum absolute atomic E-state index is 10.6. The van der Waals surface area contributed by atoms with Crippen molar-refractivity contribution in [2.24, 2.45) is 5.73 Å². The Hall–Kier alpha value is -0.710. The molecule has 10 heavy (non-hydrogen) atoms. The van der Waals surface area contributed by atoms with Crippen LogP contribution in [0.5, 0.6) is 0 Å². The number of nitrogens with two attached hydrogens (primary N) is 1. The lowest BCUT2D eigenvalue weighted by atomic mass is 10.6. The van der Waals surface area contributed by atoms with Crippen molar-refractivity contribution in [2.75, 3.05) is 7.05 Å². The van der Waals surface area contributed by atoms with Crippen LogP contribution >= 0.6 is 11.9 Å². The quantitative estimate of drug-likeness (QED) is 0.574. The van der Waals surface area contributed by atoms with Gasteiger partial charge in [0, 0.05) is 25.4 Å². The summed E-state index contributed by atoms with van der Waals surface area (Å²) in [6.45, 7) is 1.73. The maximum atomic E-state index is 10.6. The number of rotatable bonds is 1. The van der Waals surface area contributed by atoms with Crippen LogP contribution in [0, 0.1) is 0 Å². The third kappa shape index (κ3) is 3.34. The van der Waals surface area contributed by atoms with E-state index in [9.17, 15) is 9.59 Å². The van der Waals surface area contributed by atoms with Gasteiger partial charge in [0.1, 0.15) is 0 Å². The van der Waals surface area contributed by atoms with Gasteiger partial charge in [-0.25, -0.2) is 4.79 Å². The topological polar surface area (TPSA) is 63.4 Å². The highest BCUT2D eigenvalue weighted by Gasteiger charge is 2.07. The first-order chi connectivity index (χ1) is 4.57. The van der Waals surface area contributed by atoms with Crippen LogP contribution in [0.1, 0.15) is 13.3 Å². The molecule has 0 fully saturated rings. The number of nitrogens with zero attached hydrogens (tertiary/aromatic N) is 1. The maximum Gasteiger partial charge on any atom is 0.324 e. The summed E-state index contributed by atoms with van der Waals surface area (Å²) in [5.41, 5.74) is 4.85. The minimum atomic E-state index is -0.605. The number of hydrogen-bond donors (Lipinski definition) is 1. The zero-order valence-electron chi connectivity index (χ0n) is 5.96. The van der Waals surface area contributed by atoms with Gasteiger partial charge in [0.25, 0.3) is 0 Å². The largest absolute Gasteiger partial charge is 0.351 e. The van der Waals surface area contributed by atoms with Crippen molar-refractivity contribution in [3.63, 3.8) is 0 Å². The average Bonchev–Trinajstić information content (AvgIpc) is 1.87. The van der Waals surface area contributed by atoms with Crippen molar-refractivity contribution < 1.29 is 9.59 Å². The predicted octanol–water partition coefficient (Wildman–Crippen LogP) is 0.582. The molecule has 58 valence electrons. The van der Waals surface area contributed by atoms with E-state index in [0.717, 1.165) is 16.3 Å². The van der Waals surface area contributed by atoms with Gasteiger partial charge in [-0.15, -0.1) is 0 Å². The number of primary amides is 1. The normalized spacial score (nSPS) is 9.00. The summed E-state index contributed by atoms with van der Waals surface area (Å²) in [7, 11) is 1.46. The van der Waals surface area contributed by atoms with Gasteiger partial charge >= 0.3 is 6.03 Å². The lowest BCUT2D eigenvalue weighted by Gasteiger charge is -2.09.